The first kappa shape index (κ1) is 24.1. The van der Waals surface area contributed by atoms with Crippen LogP contribution in [-0.4, -0.2) is 49.7 Å². The number of hydrogen-bond donors (Lipinski definition) is 1. The first-order valence-electron chi connectivity index (χ1n) is 9.44. The Bertz CT molecular complexity index is 1350. The highest BCUT2D eigenvalue weighted by molar-refractivity contribution is 7.87. The monoisotopic (exact) mass is 487 g/mol. The Hall–Kier alpha value is -4.52. The van der Waals surface area contributed by atoms with E-state index in [0.29, 0.717) is 0 Å². The topological polar surface area (TPSA) is 162 Å². The predicted molar refractivity (Wildman–Crippen MR) is 117 cm³/mol. The van der Waals surface area contributed by atoms with Crippen LogP contribution in [0.1, 0.15) is 5.56 Å². The van der Waals surface area contributed by atoms with Crippen molar-refractivity contribution >= 4 is 39.7 Å². The van der Waals surface area contributed by atoms with Crippen molar-refractivity contribution in [3.05, 3.63) is 76.4 Å². The van der Waals surface area contributed by atoms with Crippen LogP contribution in [0.25, 0.3) is 6.08 Å². The van der Waals surface area contributed by atoms with Crippen molar-refractivity contribution in [1.29, 1.82) is 0 Å². The Balaban J connectivity index is 1.96. The van der Waals surface area contributed by atoms with E-state index in [2.05, 4.69) is 6.58 Å². The molecule has 0 bridgehead atoms. The lowest BCUT2D eigenvalue weighted by molar-refractivity contribution is -0.387. The molecule has 3 rings (SSSR count). The van der Waals surface area contributed by atoms with Crippen LogP contribution in [0.2, 0.25) is 0 Å². The molecule has 12 nitrogen and oxygen atoms in total. The molecule has 0 radical (unpaired) electrons. The third kappa shape index (κ3) is 4.78. The lowest BCUT2D eigenvalue weighted by atomic mass is 10.1. The van der Waals surface area contributed by atoms with Crippen molar-refractivity contribution in [2.75, 3.05) is 13.7 Å². The fourth-order valence-electron chi connectivity index (χ4n) is 2.98. The second kappa shape index (κ2) is 9.54. The number of barbiturate groups is 1. The van der Waals surface area contributed by atoms with Gasteiger partial charge >= 0.3 is 16.1 Å². The average molecular weight is 487 g/mol. The number of carbonyl (C=O) groups excluding carboxylic acids is 3. The molecule has 1 saturated heterocycles. The van der Waals surface area contributed by atoms with Gasteiger partial charge in [-0.15, -0.1) is 6.58 Å². The zero-order valence-corrected chi connectivity index (χ0v) is 18.4. The fraction of sp³-hybridized carbons (Fsp3) is 0.0952. The summed E-state index contributed by atoms with van der Waals surface area (Å²) in [7, 11) is -3.39. The number of methoxy groups -OCH3 is 1. The third-order valence-electron chi connectivity index (χ3n) is 4.53. The fourth-order valence-corrected chi connectivity index (χ4v) is 4.09. The molecule has 2 aromatic rings. The molecular weight excluding hydrogens is 470 g/mol. The van der Waals surface area contributed by atoms with E-state index in [0.717, 1.165) is 17.0 Å². The number of carbonyl (C=O) groups is 3. The van der Waals surface area contributed by atoms with Crippen LogP contribution in [0.4, 0.5) is 10.5 Å². The van der Waals surface area contributed by atoms with Crippen LogP contribution in [0.5, 0.6) is 11.5 Å². The van der Waals surface area contributed by atoms with E-state index >= 15 is 0 Å². The molecule has 0 aliphatic carbocycles. The molecule has 0 atom stereocenters. The van der Waals surface area contributed by atoms with Crippen molar-refractivity contribution in [1.82, 2.24) is 10.2 Å². The summed E-state index contributed by atoms with van der Waals surface area (Å²) in [4.78, 5) is 47.0. The normalized spacial score (nSPS) is 15.1. The Morgan fingerprint density at radius 1 is 1.15 bits per heavy atom. The summed E-state index contributed by atoms with van der Waals surface area (Å²) < 4.78 is 35.6. The maximum atomic E-state index is 12.7. The van der Waals surface area contributed by atoms with Crippen LogP contribution in [0, 0.1) is 10.1 Å². The van der Waals surface area contributed by atoms with Gasteiger partial charge in [0.15, 0.2) is 16.4 Å². The molecule has 176 valence electrons. The molecule has 34 heavy (non-hydrogen) atoms. The van der Waals surface area contributed by atoms with Crippen molar-refractivity contribution in [2.45, 2.75) is 4.90 Å². The highest BCUT2D eigenvalue weighted by Gasteiger charge is 2.35. The SMILES string of the molecule is C=CCN1C(=O)NC(=O)/C(=C/c2ccc(OS(=O)(=O)c3ccccc3[N+](=O)[O-])c(OC)c2)C1=O. The summed E-state index contributed by atoms with van der Waals surface area (Å²) >= 11 is 0. The van der Waals surface area contributed by atoms with Crippen molar-refractivity contribution in [3.63, 3.8) is 0 Å². The average Bonchev–Trinajstić information content (AvgIpc) is 2.80. The van der Waals surface area contributed by atoms with Gasteiger partial charge in [0.25, 0.3) is 17.5 Å². The first-order chi connectivity index (χ1) is 16.1. The molecule has 4 amide bonds. The summed E-state index contributed by atoms with van der Waals surface area (Å²) in [5.74, 6) is -2.13. The van der Waals surface area contributed by atoms with Gasteiger partial charge in [0.05, 0.1) is 12.0 Å². The summed E-state index contributed by atoms with van der Waals surface area (Å²) in [6, 6.07) is 7.59. The quantitative estimate of drug-likeness (QED) is 0.147. The minimum absolute atomic E-state index is 0.0980. The van der Waals surface area contributed by atoms with E-state index < -0.39 is 43.5 Å². The maximum Gasteiger partial charge on any atom is 0.346 e. The van der Waals surface area contributed by atoms with Crippen molar-refractivity contribution < 1.29 is 36.6 Å². The highest BCUT2D eigenvalue weighted by atomic mass is 32.2. The largest absolute Gasteiger partial charge is 0.493 e. The minimum Gasteiger partial charge on any atom is -0.493 e. The van der Waals surface area contributed by atoms with Gasteiger partial charge in [-0.1, -0.05) is 24.3 Å². The highest BCUT2D eigenvalue weighted by Crippen LogP contribution is 2.33. The number of nitro benzene ring substituents is 1. The van der Waals surface area contributed by atoms with Gasteiger partial charge < -0.3 is 8.92 Å². The molecule has 1 aliphatic rings. The van der Waals surface area contributed by atoms with E-state index in [1.54, 1.807) is 0 Å². The molecule has 2 aromatic carbocycles. The van der Waals surface area contributed by atoms with Crippen LogP contribution in [0.15, 0.2) is 65.6 Å². The summed E-state index contributed by atoms with van der Waals surface area (Å²) in [6.07, 6.45) is 2.50. The van der Waals surface area contributed by atoms with E-state index in [1.165, 1.54) is 49.6 Å². The number of imide groups is 2. The van der Waals surface area contributed by atoms with Crippen LogP contribution < -0.4 is 14.2 Å². The molecule has 1 aliphatic heterocycles. The molecule has 0 aromatic heterocycles. The Morgan fingerprint density at radius 3 is 2.50 bits per heavy atom. The second-order valence-electron chi connectivity index (χ2n) is 6.69. The van der Waals surface area contributed by atoms with Crippen LogP contribution in [0.3, 0.4) is 0 Å². The molecule has 1 N–H and O–H groups in total. The molecule has 0 unspecified atom stereocenters. The van der Waals surface area contributed by atoms with Gasteiger partial charge in [-0.2, -0.15) is 8.42 Å². The van der Waals surface area contributed by atoms with Gasteiger partial charge in [0, 0.05) is 12.6 Å². The number of amides is 4. The second-order valence-corrected chi connectivity index (χ2v) is 8.21. The predicted octanol–water partition coefficient (Wildman–Crippen LogP) is 2.02. The summed E-state index contributed by atoms with van der Waals surface area (Å²) in [5.41, 5.74) is -0.758. The number of urea groups is 1. The molecule has 1 heterocycles. The van der Waals surface area contributed by atoms with Crippen molar-refractivity contribution in [2.24, 2.45) is 0 Å². The maximum absolute atomic E-state index is 12.7. The minimum atomic E-state index is -4.61. The van der Waals surface area contributed by atoms with Gasteiger partial charge in [-0.05, 0) is 29.8 Å². The molecular formula is C21H17N3O9S. The number of para-hydroxylation sites is 1. The first-order valence-corrected chi connectivity index (χ1v) is 10.9. The lowest BCUT2D eigenvalue weighted by Gasteiger charge is -2.25. The summed E-state index contributed by atoms with van der Waals surface area (Å²) in [6.45, 7) is 3.34. The number of nitrogens with one attached hydrogen (secondary N) is 1. The van der Waals surface area contributed by atoms with E-state index in [9.17, 15) is 32.9 Å². The Kier molecular flexibility index (Phi) is 6.77. The van der Waals surface area contributed by atoms with Crippen molar-refractivity contribution in [3.8, 4) is 11.5 Å². The smallest absolute Gasteiger partial charge is 0.346 e. The lowest BCUT2D eigenvalue weighted by Crippen LogP contribution is -2.54. The number of ether oxygens (including phenoxy) is 1. The Morgan fingerprint density at radius 2 is 1.85 bits per heavy atom. The van der Waals surface area contributed by atoms with E-state index in [4.69, 9.17) is 8.92 Å². The van der Waals surface area contributed by atoms with Gasteiger partial charge in [-0.3, -0.25) is 29.9 Å². The molecule has 0 saturated carbocycles. The van der Waals surface area contributed by atoms with E-state index in [1.807, 2.05) is 5.32 Å². The van der Waals surface area contributed by atoms with Crippen LogP contribution in [-0.2, 0) is 19.7 Å². The number of nitro groups is 1. The number of benzene rings is 2. The third-order valence-corrected chi connectivity index (χ3v) is 5.81. The molecule has 1 fully saturated rings. The number of hydrogen-bond acceptors (Lipinski definition) is 9. The Labute approximate surface area is 193 Å². The van der Waals surface area contributed by atoms with E-state index in [-0.39, 0.29) is 29.2 Å². The molecule has 13 heteroatoms. The van der Waals surface area contributed by atoms with Crippen LogP contribution >= 0.6 is 0 Å². The number of nitrogens with zero attached hydrogens (tertiary/aromatic N) is 2. The zero-order chi connectivity index (χ0) is 25.0. The van der Waals surface area contributed by atoms with Gasteiger partial charge in [-0.25, -0.2) is 4.79 Å². The number of rotatable bonds is 8. The van der Waals surface area contributed by atoms with Gasteiger partial charge in [0.2, 0.25) is 0 Å². The standard InChI is InChI=1S/C21H17N3O9S/c1-3-10-23-20(26)14(19(25)22-21(23)27)11-13-8-9-16(17(12-13)32-2)33-34(30,31)18-7-5-4-6-15(18)24(28)29/h3-9,11-12H,1,10H2,2H3,(H,22,25,27)/b14-11-. The summed E-state index contributed by atoms with van der Waals surface area (Å²) in [5, 5.41) is 13.2. The zero-order valence-electron chi connectivity index (χ0n) is 17.6. The molecule has 0 spiro atoms. The van der Waals surface area contributed by atoms with Gasteiger partial charge in [0.1, 0.15) is 5.57 Å².